The van der Waals surface area contributed by atoms with Gasteiger partial charge in [-0.1, -0.05) is 12.8 Å². The van der Waals surface area contributed by atoms with Crippen molar-refractivity contribution in [3.05, 3.63) is 0 Å². The number of rotatable bonds is 2. The zero-order valence-electron chi connectivity index (χ0n) is 14.9. The lowest BCUT2D eigenvalue weighted by Gasteiger charge is -2.44. The third-order valence-corrected chi connectivity index (χ3v) is 6.77. The van der Waals surface area contributed by atoms with E-state index in [1.807, 2.05) is 0 Å². The fourth-order valence-electron chi connectivity index (χ4n) is 5.38. The summed E-state index contributed by atoms with van der Waals surface area (Å²) in [6, 6.07) is 1.83. The van der Waals surface area contributed by atoms with Crippen LogP contribution in [0.4, 0.5) is 9.59 Å². The van der Waals surface area contributed by atoms with Gasteiger partial charge in [0.15, 0.2) is 0 Å². The number of hydrogen-bond donors (Lipinski definition) is 2. The van der Waals surface area contributed by atoms with Crippen LogP contribution in [0.3, 0.4) is 0 Å². The molecule has 3 saturated heterocycles. The molecule has 0 spiro atoms. The average molecular weight is 350 g/mol. The SMILES string of the molecule is O=C(O)N1CCC(N2CCC(N3C(=O)N[C@@H]4CCCC[C@@H]43)CC2)CC1. The first kappa shape index (κ1) is 16.9. The van der Waals surface area contributed by atoms with E-state index in [-0.39, 0.29) is 6.03 Å². The Morgan fingerprint density at radius 2 is 1.56 bits per heavy atom. The molecule has 4 rings (SSSR count). The Balaban J connectivity index is 1.30. The average Bonchev–Trinajstić information content (AvgIpc) is 2.97. The lowest BCUT2D eigenvalue weighted by Crippen LogP contribution is -2.53. The van der Waals surface area contributed by atoms with E-state index in [2.05, 4.69) is 15.1 Å². The fraction of sp³-hybridized carbons (Fsp3) is 0.889. The molecule has 2 N–H and O–H groups in total. The molecule has 25 heavy (non-hydrogen) atoms. The summed E-state index contributed by atoms with van der Waals surface area (Å²) in [6.07, 6.45) is 7.95. The quantitative estimate of drug-likeness (QED) is 0.798. The molecule has 3 heterocycles. The highest BCUT2D eigenvalue weighted by Gasteiger charge is 2.44. The van der Waals surface area contributed by atoms with Crippen molar-refractivity contribution in [1.82, 2.24) is 20.0 Å². The minimum Gasteiger partial charge on any atom is -0.465 e. The monoisotopic (exact) mass is 350 g/mol. The summed E-state index contributed by atoms with van der Waals surface area (Å²) in [4.78, 5) is 29.7. The van der Waals surface area contributed by atoms with Crippen molar-refractivity contribution in [3.63, 3.8) is 0 Å². The third-order valence-electron chi connectivity index (χ3n) is 6.77. The zero-order chi connectivity index (χ0) is 17.4. The van der Waals surface area contributed by atoms with E-state index in [1.165, 1.54) is 17.7 Å². The topological polar surface area (TPSA) is 76.1 Å². The maximum Gasteiger partial charge on any atom is 0.407 e. The second-order valence-corrected chi connectivity index (χ2v) is 8.08. The van der Waals surface area contributed by atoms with Crippen LogP contribution in [0.5, 0.6) is 0 Å². The number of likely N-dealkylation sites (tertiary alicyclic amines) is 2. The molecule has 0 aromatic rings. The van der Waals surface area contributed by atoms with E-state index in [9.17, 15) is 9.59 Å². The van der Waals surface area contributed by atoms with E-state index in [4.69, 9.17) is 5.11 Å². The maximum atomic E-state index is 12.5. The van der Waals surface area contributed by atoms with Gasteiger partial charge in [-0.2, -0.15) is 0 Å². The van der Waals surface area contributed by atoms with Gasteiger partial charge in [-0.05, 0) is 38.5 Å². The Bertz CT molecular complexity index is 512. The van der Waals surface area contributed by atoms with Crippen LogP contribution in [-0.2, 0) is 0 Å². The number of nitrogens with one attached hydrogen (secondary N) is 1. The third kappa shape index (κ3) is 3.30. The van der Waals surface area contributed by atoms with Crippen LogP contribution in [0.2, 0.25) is 0 Å². The summed E-state index contributed by atoms with van der Waals surface area (Å²) in [7, 11) is 0. The van der Waals surface area contributed by atoms with Crippen LogP contribution < -0.4 is 5.32 Å². The van der Waals surface area contributed by atoms with E-state index in [1.54, 1.807) is 0 Å². The number of piperidine rings is 2. The second kappa shape index (κ2) is 7.02. The molecule has 2 atom stereocenters. The number of carbonyl (C=O) groups is 2. The summed E-state index contributed by atoms with van der Waals surface area (Å²) in [5.74, 6) is 0. The normalized spacial score (nSPS) is 32.6. The van der Waals surface area contributed by atoms with Gasteiger partial charge in [-0.15, -0.1) is 0 Å². The van der Waals surface area contributed by atoms with Crippen molar-refractivity contribution in [2.45, 2.75) is 75.5 Å². The van der Waals surface area contributed by atoms with Gasteiger partial charge >= 0.3 is 12.1 Å². The van der Waals surface area contributed by atoms with Gasteiger partial charge in [0.25, 0.3) is 0 Å². The van der Waals surface area contributed by atoms with Gasteiger partial charge < -0.3 is 25.1 Å². The number of carbonyl (C=O) groups excluding carboxylic acids is 1. The molecule has 3 amide bonds. The molecule has 7 heteroatoms. The van der Waals surface area contributed by atoms with Crippen molar-refractivity contribution in [2.24, 2.45) is 0 Å². The van der Waals surface area contributed by atoms with E-state index in [0.717, 1.165) is 51.6 Å². The first-order valence-electron chi connectivity index (χ1n) is 9.94. The zero-order valence-corrected chi connectivity index (χ0v) is 14.9. The van der Waals surface area contributed by atoms with Crippen LogP contribution in [-0.4, -0.2) is 82.3 Å². The molecule has 7 nitrogen and oxygen atoms in total. The Hall–Kier alpha value is -1.50. The molecule has 0 aromatic carbocycles. The van der Waals surface area contributed by atoms with Crippen LogP contribution in [0.1, 0.15) is 51.4 Å². The Morgan fingerprint density at radius 3 is 2.24 bits per heavy atom. The number of carboxylic acid groups (broad SMARTS) is 1. The number of hydrogen-bond acceptors (Lipinski definition) is 3. The number of fused-ring (bicyclic) bond motifs is 1. The largest absolute Gasteiger partial charge is 0.465 e. The highest BCUT2D eigenvalue weighted by atomic mass is 16.4. The van der Waals surface area contributed by atoms with Crippen LogP contribution >= 0.6 is 0 Å². The molecule has 140 valence electrons. The van der Waals surface area contributed by atoms with Gasteiger partial charge in [0.2, 0.25) is 0 Å². The van der Waals surface area contributed by atoms with Gasteiger partial charge in [0.05, 0.1) is 12.1 Å². The van der Waals surface area contributed by atoms with Crippen molar-refractivity contribution in [1.29, 1.82) is 0 Å². The van der Waals surface area contributed by atoms with Crippen LogP contribution in [0.15, 0.2) is 0 Å². The van der Waals surface area contributed by atoms with Gasteiger partial charge in [-0.25, -0.2) is 9.59 Å². The number of nitrogens with zero attached hydrogens (tertiary/aromatic N) is 3. The maximum absolute atomic E-state index is 12.5. The first-order valence-corrected chi connectivity index (χ1v) is 9.94. The molecule has 0 aromatic heterocycles. The Kier molecular flexibility index (Phi) is 4.75. The van der Waals surface area contributed by atoms with Crippen LogP contribution in [0, 0.1) is 0 Å². The molecule has 0 radical (unpaired) electrons. The number of urea groups is 1. The minimum absolute atomic E-state index is 0.158. The van der Waals surface area contributed by atoms with Crippen molar-refractivity contribution in [2.75, 3.05) is 26.2 Å². The van der Waals surface area contributed by atoms with Crippen LogP contribution in [0.25, 0.3) is 0 Å². The van der Waals surface area contributed by atoms with Gasteiger partial charge in [0, 0.05) is 38.3 Å². The van der Waals surface area contributed by atoms with Crippen molar-refractivity contribution >= 4 is 12.1 Å². The molecule has 0 unspecified atom stereocenters. The van der Waals surface area contributed by atoms with E-state index < -0.39 is 6.09 Å². The molecule has 4 fully saturated rings. The highest BCUT2D eigenvalue weighted by molar-refractivity contribution is 5.78. The highest BCUT2D eigenvalue weighted by Crippen LogP contribution is 2.33. The smallest absolute Gasteiger partial charge is 0.407 e. The Morgan fingerprint density at radius 1 is 0.920 bits per heavy atom. The lowest BCUT2D eigenvalue weighted by atomic mass is 9.89. The summed E-state index contributed by atoms with van der Waals surface area (Å²) in [5.41, 5.74) is 0. The lowest BCUT2D eigenvalue weighted by molar-refractivity contribution is 0.0553. The second-order valence-electron chi connectivity index (χ2n) is 8.08. The molecule has 4 aliphatic rings. The molecule has 0 bridgehead atoms. The summed E-state index contributed by atoms with van der Waals surface area (Å²) >= 11 is 0. The molecule has 1 aliphatic carbocycles. The van der Waals surface area contributed by atoms with E-state index in [0.29, 0.717) is 37.3 Å². The minimum atomic E-state index is -0.792. The summed E-state index contributed by atoms with van der Waals surface area (Å²) < 4.78 is 0. The number of amides is 3. The predicted octanol–water partition coefficient (Wildman–Crippen LogP) is 1.93. The van der Waals surface area contributed by atoms with E-state index >= 15 is 0 Å². The summed E-state index contributed by atoms with van der Waals surface area (Å²) in [6.45, 7) is 3.36. The fourth-order valence-corrected chi connectivity index (χ4v) is 5.38. The standard InChI is InChI=1S/C18H30N4O3/c23-17-19-15-3-1-2-4-16(15)22(17)14-7-9-20(10-8-14)13-5-11-21(12-6-13)18(24)25/h13-16H,1-12H2,(H,19,23)(H,24,25)/t15-,16+/m1/s1. The molecule has 1 saturated carbocycles. The molecule has 3 aliphatic heterocycles. The molecular formula is C18H30N4O3. The first-order chi connectivity index (χ1) is 12.1. The van der Waals surface area contributed by atoms with Crippen molar-refractivity contribution < 1.29 is 14.7 Å². The van der Waals surface area contributed by atoms with Gasteiger partial charge in [0.1, 0.15) is 0 Å². The predicted molar refractivity (Wildman–Crippen MR) is 93.6 cm³/mol. The Labute approximate surface area is 149 Å². The van der Waals surface area contributed by atoms with Crippen molar-refractivity contribution in [3.8, 4) is 0 Å². The summed E-state index contributed by atoms with van der Waals surface area (Å²) in [5, 5.41) is 12.3. The molecular weight excluding hydrogens is 320 g/mol. The van der Waals surface area contributed by atoms with Gasteiger partial charge in [-0.3, -0.25) is 0 Å².